The van der Waals surface area contributed by atoms with Crippen molar-refractivity contribution in [3.63, 3.8) is 0 Å². The first-order valence-electron chi connectivity index (χ1n) is 0.855. The van der Waals surface area contributed by atoms with E-state index in [0.29, 0.717) is 0 Å². The Bertz CT molecular complexity index is 68.7. The molecule has 41 valence electrons. The summed E-state index contributed by atoms with van der Waals surface area (Å²) < 4.78 is 3.52. The Morgan fingerprint density at radius 3 is 1.00 bits per heavy atom. The first-order chi connectivity index (χ1) is 2.83. The van der Waals surface area contributed by atoms with Crippen molar-refractivity contribution in [1.82, 2.24) is 0 Å². The molecule has 5 heteroatoms. The molecule has 0 aromatic rings. The molecule has 3 radical (unpaired) electrons. The summed E-state index contributed by atoms with van der Waals surface area (Å²) >= 11 is 2.75. The molecule has 0 aromatic carbocycles. The van der Waals surface area contributed by atoms with Crippen LogP contribution in [0.4, 0.5) is 0 Å². The van der Waals surface area contributed by atoms with Gasteiger partial charge in [0.25, 0.3) is 0 Å². The van der Waals surface area contributed by atoms with Gasteiger partial charge in [-0.15, -0.1) is 0 Å². The first kappa shape index (κ1) is 15.7. The third-order valence-electron chi connectivity index (χ3n) is 0. The second-order valence-corrected chi connectivity index (χ2v) is 1.22. The monoisotopic (exact) mass is 375 g/mol. The van der Waals surface area contributed by atoms with Crippen LogP contribution in [-0.2, 0) is 17.1 Å². The van der Waals surface area contributed by atoms with Crippen LogP contribution in [0.2, 0.25) is 0 Å². The molecule has 0 amide bonds. The molecule has 0 aliphatic heterocycles. The predicted molar refractivity (Wildman–Crippen MR) is 22.7 cm³/mol. The fraction of sp³-hybridized carbons (Fsp3) is 0. The van der Waals surface area contributed by atoms with E-state index >= 15 is 0 Å². The van der Waals surface area contributed by atoms with Crippen LogP contribution < -0.4 is 0 Å². The molecule has 0 saturated heterocycles. The van der Waals surface area contributed by atoms with E-state index in [1.807, 2.05) is 0 Å². The minimum absolute atomic E-state index is 0. The van der Waals surface area contributed by atoms with Crippen molar-refractivity contribution in [2.24, 2.45) is 0 Å². The molecular weight excluding hydrogens is 371 g/mol. The van der Waals surface area contributed by atoms with Gasteiger partial charge in [-0.25, -0.2) is 0 Å². The Morgan fingerprint density at radius 2 is 1.00 bits per heavy atom. The maximum atomic E-state index is 7.32. The van der Waals surface area contributed by atoms with Gasteiger partial charge < -0.3 is 0 Å². The van der Waals surface area contributed by atoms with Gasteiger partial charge in [0, 0.05) is 17.1 Å². The van der Waals surface area contributed by atoms with Crippen molar-refractivity contribution >= 4 is 44.6 Å². The van der Waals surface area contributed by atoms with Crippen LogP contribution in [0.15, 0.2) is 0 Å². The van der Waals surface area contributed by atoms with E-state index in [-0.39, 0.29) is 17.1 Å². The zero-order valence-corrected chi connectivity index (χ0v) is 8.61. The minimum atomic E-state index is 0. The molecule has 0 fully saturated rings. The van der Waals surface area contributed by atoms with Gasteiger partial charge in [-0.2, -0.15) is 0 Å². The second kappa shape index (κ2) is 27.6. The van der Waals surface area contributed by atoms with E-state index in [9.17, 15) is 0 Å². The molecule has 2 nitrogen and oxygen atoms in total. The summed E-state index contributed by atoms with van der Waals surface area (Å²) in [6.45, 7) is 0. The molecule has 0 aliphatic rings. The summed E-state index contributed by atoms with van der Waals surface area (Å²) in [4.78, 5) is 0. The Kier molecular flexibility index (Phi) is 61.9. The number of nitriles is 2. The Hall–Kier alpha value is 1.08. The van der Waals surface area contributed by atoms with Crippen LogP contribution in [-0.4, -0.2) is 44.6 Å². The summed E-state index contributed by atoms with van der Waals surface area (Å²) in [5.41, 5.74) is 0. The zero-order valence-electron chi connectivity index (χ0n) is 3.01. The van der Waals surface area contributed by atoms with Crippen LogP contribution in [0, 0.1) is 18.8 Å². The molecule has 0 atom stereocenters. The van der Waals surface area contributed by atoms with E-state index in [1.54, 1.807) is 8.23 Å². The molecule has 0 spiro atoms. The Labute approximate surface area is 79.5 Å². The topological polar surface area (TPSA) is 47.6 Å². The molecule has 7 heavy (non-hydrogen) atoms. The summed E-state index contributed by atoms with van der Waals surface area (Å²) in [6.07, 6.45) is 0. The zero-order chi connectivity index (χ0) is 5.41. The van der Waals surface area contributed by atoms with Gasteiger partial charge in [0.1, 0.15) is 0 Å². The van der Waals surface area contributed by atoms with Crippen molar-refractivity contribution in [3.8, 4) is 8.23 Å². The van der Waals surface area contributed by atoms with Crippen molar-refractivity contribution in [2.75, 3.05) is 0 Å². The standard InChI is InChI=1S/2CNTe.Cu/c2*2-1-3;. The molecule has 0 rings (SSSR count). The largest absolute Gasteiger partial charge is 0 e. The third kappa shape index (κ3) is 157. The number of hydrogen-bond donors (Lipinski definition) is 0. The van der Waals surface area contributed by atoms with Crippen LogP contribution in [0.1, 0.15) is 0 Å². The normalized spacial score (nSPS) is 2.00. The molecule has 0 aliphatic carbocycles. The van der Waals surface area contributed by atoms with Gasteiger partial charge in [-0.05, 0) is 0 Å². The summed E-state index contributed by atoms with van der Waals surface area (Å²) in [5, 5.41) is 14.6. The molecule has 0 heterocycles. The summed E-state index contributed by atoms with van der Waals surface area (Å²) in [7, 11) is 0. The van der Waals surface area contributed by atoms with E-state index in [1.165, 1.54) is 44.6 Å². The van der Waals surface area contributed by atoms with Crippen molar-refractivity contribution in [3.05, 3.63) is 0 Å². The van der Waals surface area contributed by atoms with Crippen molar-refractivity contribution in [1.29, 1.82) is 10.5 Å². The van der Waals surface area contributed by atoms with Crippen LogP contribution in [0.3, 0.4) is 0 Å². The maximum Gasteiger partial charge on any atom is 0 e. The average Bonchev–Trinajstić information content (AvgIpc) is 1.39. The minimum Gasteiger partial charge on any atom is 0 e. The second-order valence-electron chi connectivity index (χ2n) is 0.183. The van der Waals surface area contributed by atoms with E-state index in [4.69, 9.17) is 10.5 Å². The predicted octanol–water partition coefficient (Wildman–Crippen LogP) is -0.731. The molecule has 0 aromatic heterocycles. The van der Waals surface area contributed by atoms with E-state index in [0.717, 1.165) is 0 Å². The van der Waals surface area contributed by atoms with E-state index in [2.05, 4.69) is 0 Å². The Balaban J connectivity index is -0.0000000400. The van der Waals surface area contributed by atoms with Crippen LogP contribution in [0.25, 0.3) is 0 Å². The quantitative estimate of drug-likeness (QED) is 0.528. The molecule has 0 saturated carbocycles. The van der Waals surface area contributed by atoms with Gasteiger partial charge in [-0.3, -0.25) is 0 Å². The van der Waals surface area contributed by atoms with Crippen LogP contribution in [0.5, 0.6) is 0 Å². The third-order valence-corrected chi connectivity index (χ3v) is 0. The Morgan fingerprint density at radius 1 is 1.00 bits per heavy atom. The summed E-state index contributed by atoms with van der Waals surface area (Å²) in [5.74, 6) is 0. The fourth-order valence-corrected chi connectivity index (χ4v) is 0. The van der Waals surface area contributed by atoms with Gasteiger partial charge in [0.2, 0.25) is 0 Å². The first-order valence-corrected chi connectivity index (χ1v) is 3.19. The van der Waals surface area contributed by atoms with Gasteiger partial charge in [0.05, 0.1) is 0 Å². The number of nitrogens with zero attached hydrogens (tertiary/aromatic N) is 2. The molecule has 0 unspecified atom stereocenters. The van der Waals surface area contributed by atoms with Crippen LogP contribution >= 0.6 is 0 Å². The number of hydrogen-bond acceptors (Lipinski definition) is 2. The van der Waals surface area contributed by atoms with Gasteiger partial charge >= 0.3 is 63.3 Å². The fourth-order valence-electron chi connectivity index (χ4n) is 0. The van der Waals surface area contributed by atoms with E-state index < -0.39 is 0 Å². The van der Waals surface area contributed by atoms with Crippen molar-refractivity contribution < 1.29 is 17.1 Å². The van der Waals surface area contributed by atoms with Gasteiger partial charge in [0.15, 0.2) is 0 Å². The van der Waals surface area contributed by atoms with Gasteiger partial charge in [-0.1, -0.05) is 0 Å². The molecular formula is C2CuN2Te2. The molecule has 0 bridgehead atoms. The summed E-state index contributed by atoms with van der Waals surface area (Å²) in [6, 6.07) is 0. The maximum absolute atomic E-state index is 7.32. The molecule has 0 N–H and O–H groups in total. The number of rotatable bonds is 0. The smallest absolute Gasteiger partial charge is 0 e. The SMILES string of the molecule is N#C[Te].N#C[Te].[Cu]. The van der Waals surface area contributed by atoms with Crippen molar-refractivity contribution in [2.45, 2.75) is 0 Å². The average molecular weight is 371 g/mol.